The molecule has 3 aromatic rings. The van der Waals surface area contributed by atoms with Crippen molar-refractivity contribution in [1.82, 2.24) is 4.57 Å². The van der Waals surface area contributed by atoms with E-state index in [9.17, 15) is 32.3 Å². The van der Waals surface area contributed by atoms with Gasteiger partial charge in [-0.3, -0.25) is 14.2 Å². The highest BCUT2D eigenvalue weighted by Gasteiger charge is 2.34. The van der Waals surface area contributed by atoms with Crippen molar-refractivity contribution in [3.05, 3.63) is 58.8 Å². The molecule has 186 valence electrons. The summed E-state index contributed by atoms with van der Waals surface area (Å²) in [5, 5.41) is 9.53. The van der Waals surface area contributed by atoms with Gasteiger partial charge in [0.1, 0.15) is 11.9 Å². The fourth-order valence-electron chi connectivity index (χ4n) is 4.10. The summed E-state index contributed by atoms with van der Waals surface area (Å²) in [5.41, 5.74) is -0.246. The fraction of sp³-hybridized carbons (Fsp3) is 0.333. The van der Waals surface area contributed by atoms with Crippen LogP contribution in [0.1, 0.15) is 53.7 Å². The average Bonchev–Trinajstić information content (AvgIpc) is 3.04. The molecular formula is C24H20F5NO5. The molecule has 0 saturated heterocycles. The first-order valence-corrected chi connectivity index (χ1v) is 10.7. The van der Waals surface area contributed by atoms with Crippen molar-refractivity contribution in [2.75, 3.05) is 0 Å². The molecule has 2 aromatic carbocycles. The van der Waals surface area contributed by atoms with Gasteiger partial charge in [-0.2, -0.15) is 0 Å². The zero-order valence-corrected chi connectivity index (χ0v) is 18.6. The SMILES string of the molecule is Cc1c(C(C)C(=O)OC2CCC2)c2c(F)c(O)c(F)cc2n1C(=O)c1ccc(OC(F)(F)F)cc1. The number of carbonyl (C=O) groups is 2. The molecule has 1 heterocycles. The van der Waals surface area contributed by atoms with Gasteiger partial charge in [-0.15, -0.1) is 13.2 Å². The van der Waals surface area contributed by atoms with Crippen LogP contribution in [0.3, 0.4) is 0 Å². The van der Waals surface area contributed by atoms with Crippen molar-refractivity contribution in [2.24, 2.45) is 0 Å². The summed E-state index contributed by atoms with van der Waals surface area (Å²) < 4.78 is 76.8. The van der Waals surface area contributed by atoms with E-state index < -0.39 is 47.3 Å². The van der Waals surface area contributed by atoms with Crippen molar-refractivity contribution >= 4 is 22.8 Å². The molecule has 0 spiro atoms. The molecule has 1 aliphatic carbocycles. The minimum absolute atomic E-state index is 0.0301. The van der Waals surface area contributed by atoms with E-state index in [4.69, 9.17) is 4.74 Å². The van der Waals surface area contributed by atoms with Crippen molar-refractivity contribution < 1.29 is 46.1 Å². The van der Waals surface area contributed by atoms with Crippen LogP contribution in [-0.4, -0.2) is 34.0 Å². The topological polar surface area (TPSA) is 77.8 Å². The van der Waals surface area contributed by atoms with E-state index >= 15 is 4.39 Å². The first-order valence-electron chi connectivity index (χ1n) is 10.7. The van der Waals surface area contributed by atoms with E-state index in [0.717, 1.165) is 41.3 Å². The van der Waals surface area contributed by atoms with Crippen LogP contribution in [0.25, 0.3) is 10.9 Å². The number of hydrogen-bond acceptors (Lipinski definition) is 5. The normalized spacial score (nSPS) is 15.1. The lowest BCUT2D eigenvalue weighted by Gasteiger charge is -2.26. The number of phenolic OH excluding ortho intramolecular Hbond substituents is 1. The van der Waals surface area contributed by atoms with Crippen LogP contribution in [0.5, 0.6) is 11.5 Å². The third-order valence-corrected chi connectivity index (χ3v) is 6.07. The molecule has 0 bridgehead atoms. The molecule has 1 aromatic heterocycles. The lowest BCUT2D eigenvalue weighted by Crippen LogP contribution is -2.27. The van der Waals surface area contributed by atoms with Gasteiger partial charge in [-0.1, -0.05) is 0 Å². The molecule has 11 heteroatoms. The van der Waals surface area contributed by atoms with Gasteiger partial charge in [0.15, 0.2) is 17.4 Å². The smallest absolute Gasteiger partial charge is 0.503 e. The molecule has 1 saturated carbocycles. The number of hydrogen-bond donors (Lipinski definition) is 1. The standard InChI is InChI=1S/C24H20F5NO5/c1-11(23(33)34-14-4-3-5-14)18-12(2)30(17-10-16(25)21(31)20(26)19(17)18)22(32)13-6-8-15(9-7-13)35-24(27,28)29/h6-11,14,31H,3-5H2,1-2H3. The quantitative estimate of drug-likeness (QED) is 0.361. The highest BCUT2D eigenvalue weighted by molar-refractivity contribution is 6.05. The van der Waals surface area contributed by atoms with Crippen LogP contribution in [-0.2, 0) is 9.53 Å². The van der Waals surface area contributed by atoms with E-state index in [1.54, 1.807) is 0 Å². The second-order valence-electron chi connectivity index (χ2n) is 8.34. The molecule has 0 aliphatic heterocycles. The van der Waals surface area contributed by atoms with Crippen LogP contribution in [0, 0.1) is 18.6 Å². The third kappa shape index (κ3) is 4.54. The number of fused-ring (bicyclic) bond motifs is 1. The van der Waals surface area contributed by atoms with Gasteiger partial charge < -0.3 is 14.6 Å². The largest absolute Gasteiger partial charge is 0.573 e. The van der Waals surface area contributed by atoms with Gasteiger partial charge in [-0.25, -0.2) is 8.78 Å². The Morgan fingerprint density at radius 1 is 1.14 bits per heavy atom. The maximum absolute atomic E-state index is 15.1. The first-order chi connectivity index (χ1) is 16.4. The minimum atomic E-state index is -4.92. The number of nitrogens with zero attached hydrogens (tertiary/aromatic N) is 1. The van der Waals surface area contributed by atoms with E-state index in [-0.39, 0.29) is 33.8 Å². The Morgan fingerprint density at radius 2 is 1.77 bits per heavy atom. The number of phenols is 1. The van der Waals surface area contributed by atoms with Gasteiger partial charge >= 0.3 is 12.3 Å². The van der Waals surface area contributed by atoms with Crippen LogP contribution in [0.15, 0.2) is 30.3 Å². The number of rotatable bonds is 5. The van der Waals surface area contributed by atoms with Crippen LogP contribution in [0.2, 0.25) is 0 Å². The fourth-order valence-corrected chi connectivity index (χ4v) is 4.10. The summed E-state index contributed by atoms with van der Waals surface area (Å²) >= 11 is 0. The predicted octanol–water partition coefficient (Wildman–Crippen LogP) is 5.72. The third-order valence-electron chi connectivity index (χ3n) is 6.07. The maximum Gasteiger partial charge on any atom is 0.573 e. The number of alkyl halides is 3. The summed E-state index contributed by atoms with van der Waals surface area (Å²) in [5.74, 6) is -7.04. The minimum Gasteiger partial charge on any atom is -0.503 e. The lowest BCUT2D eigenvalue weighted by atomic mass is 9.94. The Bertz CT molecular complexity index is 1310. The average molecular weight is 497 g/mol. The van der Waals surface area contributed by atoms with Crippen molar-refractivity contribution in [2.45, 2.75) is 51.5 Å². The molecule has 0 amide bonds. The molecule has 6 nitrogen and oxygen atoms in total. The molecule has 1 atom stereocenters. The number of halogens is 5. The van der Waals surface area contributed by atoms with E-state index in [1.165, 1.54) is 13.8 Å². The number of benzene rings is 2. The summed E-state index contributed by atoms with van der Waals surface area (Å²) in [4.78, 5) is 26.0. The van der Waals surface area contributed by atoms with Gasteiger partial charge in [0.05, 0.1) is 11.4 Å². The summed E-state index contributed by atoms with van der Waals surface area (Å²) in [6.07, 6.45) is -2.87. The summed E-state index contributed by atoms with van der Waals surface area (Å²) in [7, 11) is 0. The molecule has 1 N–H and O–H groups in total. The Morgan fingerprint density at radius 3 is 2.31 bits per heavy atom. The van der Waals surface area contributed by atoms with Crippen LogP contribution in [0.4, 0.5) is 22.0 Å². The Balaban J connectivity index is 1.81. The number of aromatic nitrogens is 1. The zero-order chi connectivity index (χ0) is 25.7. The number of esters is 1. The zero-order valence-electron chi connectivity index (χ0n) is 18.6. The molecule has 0 radical (unpaired) electrons. The molecule has 35 heavy (non-hydrogen) atoms. The lowest BCUT2D eigenvalue weighted by molar-refractivity contribution is -0.274. The molecule has 1 fully saturated rings. The van der Waals surface area contributed by atoms with Crippen LogP contribution >= 0.6 is 0 Å². The van der Waals surface area contributed by atoms with Gasteiger partial charge in [0.2, 0.25) is 0 Å². The second-order valence-corrected chi connectivity index (χ2v) is 8.34. The highest BCUT2D eigenvalue weighted by atomic mass is 19.4. The van der Waals surface area contributed by atoms with Gasteiger partial charge in [0.25, 0.3) is 5.91 Å². The predicted molar refractivity (Wildman–Crippen MR) is 113 cm³/mol. The summed E-state index contributed by atoms with van der Waals surface area (Å²) in [6, 6.07) is 4.74. The Labute approximate surface area is 195 Å². The monoisotopic (exact) mass is 497 g/mol. The number of carbonyl (C=O) groups excluding carboxylic acids is 2. The van der Waals surface area contributed by atoms with Gasteiger partial charge in [0, 0.05) is 22.7 Å². The van der Waals surface area contributed by atoms with E-state index in [2.05, 4.69) is 4.74 Å². The molecule has 1 aliphatic rings. The maximum atomic E-state index is 15.1. The Hall–Kier alpha value is -3.63. The first kappa shape index (κ1) is 24.5. The van der Waals surface area contributed by atoms with Crippen molar-refractivity contribution in [3.8, 4) is 11.5 Å². The van der Waals surface area contributed by atoms with Gasteiger partial charge in [-0.05, 0) is 62.9 Å². The Kier molecular flexibility index (Phi) is 6.20. The molecular weight excluding hydrogens is 477 g/mol. The van der Waals surface area contributed by atoms with Crippen LogP contribution < -0.4 is 4.74 Å². The second kappa shape index (κ2) is 8.86. The number of ether oxygens (including phenoxy) is 2. The summed E-state index contributed by atoms with van der Waals surface area (Å²) in [6.45, 7) is 2.86. The van der Waals surface area contributed by atoms with E-state index in [0.29, 0.717) is 12.8 Å². The number of aromatic hydroxyl groups is 1. The van der Waals surface area contributed by atoms with Crippen molar-refractivity contribution in [1.29, 1.82) is 0 Å². The molecule has 1 unspecified atom stereocenters. The van der Waals surface area contributed by atoms with Crippen molar-refractivity contribution in [3.63, 3.8) is 0 Å². The highest BCUT2D eigenvalue weighted by Crippen LogP contribution is 2.39. The van der Waals surface area contributed by atoms with E-state index in [1.807, 2.05) is 0 Å². The molecule has 4 rings (SSSR count).